The van der Waals surface area contributed by atoms with Gasteiger partial charge in [-0.1, -0.05) is 45.0 Å². The van der Waals surface area contributed by atoms with Crippen LogP contribution < -0.4 is 0 Å². The third kappa shape index (κ3) is 5.98. The van der Waals surface area contributed by atoms with E-state index in [9.17, 15) is 26.3 Å². The van der Waals surface area contributed by atoms with Crippen molar-refractivity contribution in [1.29, 1.82) is 0 Å². The van der Waals surface area contributed by atoms with E-state index in [0.717, 1.165) is 5.56 Å². The van der Waals surface area contributed by atoms with Crippen LogP contribution in [-0.4, -0.2) is 18.5 Å². The van der Waals surface area contributed by atoms with Gasteiger partial charge in [0.1, 0.15) is 10.5 Å². The van der Waals surface area contributed by atoms with E-state index >= 15 is 0 Å². The number of hydrogen-bond donors (Lipinski definition) is 0. The maximum atomic E-state index is 13.7. The van der Waals surface area contributed by atoms with Gasteiger partial charge in [0.2, 0.25) is 0 Å². The maximum Gasteiger partial charge on any atom is 0.601 e. The molecule has 0 saturated carbocycles. The molecule has 3 nitrogen and oxygen atoms in total. The summed E-state index contributed by atoms with van der Waals surface area (Å²) in [6.45, 7) is 6.19. The largest absolute Gasteiger partial charge is 0.741 e. The first-order chi connectivity index (χ1) is 13.9. The Hall–Kier alpha value is -2.11. The van der Waals surface area contributed by atoms with Crippen molar-refractivity contribution < 1.29 is 39.3 Å². The predicted octanol–water partition coefficient (Wildman–Crippen LogP) is 7.08. The lowest BCUT2D eigenvalue weighted by molar-refractivity contribution is -0.0864. The Morgan fingerprint density at radius 1 is 0.839 bits per heavy atom. The third-order valence-electron chi connectivity index (χ3n) is 4.17. The van der Waals surface area contributed by atoms with Crippen molar-refractivity contribution in [3.63, 3.8) is 0 Å². The molecule has 0 spiro atoms. The van der Waals surface area contributed by atoms with Gasteiger partial charge in [0.05, 0.1) is 0 Å². The Morgan fingerprint density at radius 2 is 1.39 bits per heavy atom. The summed E-state index contributed by atoms with van der Waals surface area (Å²) in [5, 5.41) is 0.671. The average molecular weight is 484 g/mol. The summed E-state index contributed by atoms with van der Waals surface area (Å²) in [4.78, 5) is 0.366. The van der Waals surface area contributed by atoms with Gasteiger partial charge in [-0.25, -0.2) is 8.42 Å². The molecular formula is C20H18F6O3S2. The van der Waals surface area contributed by atoms with Crippen LogP contribution in [-0.2, 0) is 21.0 Å². The van der Waals surface area contributed by atoms with Crippen LogP contribution in [0.15, 0.2) is 54.6 Å². The lowest BCUT2D eigenvalue weighted by atomic mass is 9.86. The zero-order valence-electron chi connectivity index (χ0n) is 16.5. The molecule has 11 heteroatoms. The molecule has 0 aliphatic carbocycles. The van der Waals surface area contributed by atoms with Gasteiger partial charge in [-0.05, 0) is 35.2 Å². The van der Waals surface area contributed by atoms with Crippen LogP contribution in [0.25, 0.3) is 20.5 Å². The second kappa shape index (κ2) is 8.44. The molecule has 0 amide bonds. The first-order valence-electron chi connectivity index (χ1n) is 8.68. The van der Waals surface area contributed by atoms with E-state index in [-0.39, 0.29) is 5.41 Å². The molecule has 2 aromatic carbocycles. The molecule has 1 unspecified atom stereocenters. The van der Waals surface area contributed by atoms with E-state index in [0.29, 0.717) is 20.5 Å². The van der Waals surface area contributed by atoms with Gasteiger partial charge in [0, 0.05) is 17.0 Å². The smallest absolute Gasteiger partial charge is 0.601 e. The van der Waals surface area contributed by atoms with E-state index in [1.54, 1.807) is 36.4 Å². The average Bonchev–Trinajstić information content (AvgIpc) is 3.00. The van der Waals surface area contributed by atoms with Crippen LogP contribution in [0.1, 0.15) is 26.3 Å². The van der Waals surface area contributed by atoms with Gasteiger partial charge >= 0.3 is 11.0 Å². The second-order valence-corrected chi connectivity index (χ2v) is 10.9. The Morgan fingerprint density at radius 3 is 1.87 bits per heavy atom. The highest BCUT2D eigenvalue weighted by molar-refractivity contribution is 7.86. The summed E-state index contributed by atoms with van der Waals surface area (Å²) < 4.78 is 100. The van der Waals surface area contributed by atoms with E-state index in [1.165, 1.54) is 0 Å². The van der Waals surface area contributed by atoms with Crippen LogP contribution in [0, 0.1) is 0 Å². The highest BCUT2D eigenvalue weighted by Gasteiger charge is 2.48. The van der Waals surface area contributed by atoms with Crippen LogP contribution in [0.3, 0.4) is 0 Å². The van der Waals surface area contributed by atoms with Crippen LogP contribution in [0.2, 0.25) is 0 Å². The van der Waals surface area contributed by atoms with Crippen molar-refractivity contribution in [2.75, 3.05) is 0 Å². The standard InChI is InChI=1S/C19H18F3S.CHF3O3S/c1-18(2,3)15-9-6-8-13(11-15)17-12-14-7-4-5-10-16(14)23(17)19(20,21)22;2-1(3,4)8(5,6)7/h4-12H,1-3H3;(H,5,6,7)/q+1;/p-1. The fraction of sp³-hybridized carbons (Fsp3) is 0.300. The maximum absolute atomic E-state index is 13.7. The van der Waals surface area contributed by atoms with Gasteiger partial charge in [0.25, 0.3) is 0 Å². The highest BCUT2D eigenvalue weighted by Crippen LogP contribution is 2.54. The zero-order chi connectivity index (χ0) is 23.8. The zero-order valence-corrected chi connectivity index (χ0v) is 18.1. The molecule has 0 saturated heterocycles. The van der Waals surface area contributed by atoms with E-state index in [4.69, 9.17) is 13.0 Å². The Labute approximate surface area is 178 Å². The molecule has 1 heterocycles. The van der Waals surface area contributed by atoms with E-state index in [1.807, 2.05) is 18.2 Å². The molecule has 0 bridgehead atoms. The lowest BCUT2D eigenvalue weighted by Gasteiger charge is -2.19. The van der Waals surface area contributed by atoms with Gasteiger partial charge in [-0.2, -0.15) is 13.2 Å². The number of benzene rings is 2. The summed E-state index contributed by atoms with van der Waals surface area (Å²) in [6.07, 6.45) is 0. The molecule has 0 radical (unpaired) electrons. The molecule has 3 aromatic rings. The topological polar surface area (TPSA) is 57.2 Å². The Balaban J connectivity index is 0.000000366. The number of thiophene rings is 1. The molecule has 0 fully saturated rings. The monoisotopic (exact) mass is 484 g/mol. The molecule has 0 N–H and O–H groups in total. The minimum absolute atomic E-state index is 0.0983. The highest BCUT2D eigenvalue weighted by atomic mass is 32.2. The molecule has 0 aliphatic heterocycles. The normalized spacial score (nSPS) is 13.7. The minimum Gasteiger partial charge on any atom is -0.741 e. The predicted molar refractivity (Wildman–Crippen MR) is 108 cm³/mol. The van der Waals surface area contributed by atoms with Gasteiger partial charge in [-0.3, -0.25) is 0 Å². The number of rotatable bonds is 1. The third-order valence-corrected chi connectivity index (χ3v) is 6.81. The van der Waals surface area contributed by atoms with Crippen molar-refractivity contribution in [3.05, 3.63) is 60.2 Å². The summed E-state index contributed by atoms with van der Waals surface area (Å²) in [6, 6.07) is 16.0. The second-order valence-electron chi connectivity index (χ2n) is 7.53. The Kier molecular flexibility index (Phi) is 6.85. The first kappa shape index (κ1) is 25.2. The number of halogens is 6. The molecule has 1 aromatic heterocycles. The fourth-order valence-corrected chi connectivity index (χ4v) is 4.61. The fourth-order valence-electron chi connectivity index (χ4n) is 2.69. The lowest BCUT2D eigenvalue weighted by Crippen LogP contribution is -2.21. The molecule has 1 atom stereocenters. The van der Waals surface area contributed by atoms with E-state index < -0.39 is 31.6 Å². The summed E-state index contributed by atoms with van der Waals surface area (Å²) >= 11 is 0. The van der Waals surface area contributed by atoms with Gasteiger partial charge in [0.15, 0.2) is 19.7 Å². The van der Waals surface area contributed by atoms with Crippen molar-refractivity contribution in [3.8, 4) is 10.4 Å². The molecule has 31 heavy (non-hydrogen) atoms. The van der Waals surface area contributed by atoms with Crippen molar-refractivity contribution in [2.45, 2.75) is 37.2 Å². The van der Waals surface area contributed by atoms with Gasteiger partial charge < -0.3 is 4.55 Å². The number of hydrogen-bond acceptors (Lipinski definition) is 3. The summed E-state index contributed by atoms with van der Waals surface area (Å²) in [7, 11) is -7.97. The minimum atomic E-state index is -6.09. The quantitative estimate of drug-likeness (QED) is 0.160. The number of alkyl halides is 6. The van der Waals surface area contributed by atoms with Crippen LogP contribution in [0.4, 0.5) is 26.3 Å². The van der Waals surface area contributed by atoms with Crippen molar-refractivity contribution >= 4 is 30.7 Å². The van der Waals surface area contributed by atoms with Crippen molar-refractivity contribution in [1.82, 2.24) is 0 Å². The molecular weight excluding hydrogens is 466 g/mol. The van der Waals surface area contributed by atoms with Gasteiger partial charge in [-0.15, -0.1) is 13.2 Å². The number of fused-ring (bicyclic) bond motifs is 1. The first-order valence-corrected chi connectivity index (χ1v) is 11.3. The van der Waals surface area contributed by atoms with Crippen molar-refractivity contribution in [2.24, 2.45) is 0 Å². The molecule has 170 valence electrons. The van der Waals surface area contributed by atoms with E-state index in [2.05, 4.69) is 20.8 Å². The summed E-state index contributed by atoms with van der Waals surface area (Å²) in [5.74, 6) is 0. The Bertz CT molecular complexity index is 1170. The summed E-state index contributed by atoms with van der Waals surface area (Å²) in [5.41, 5.74) is -8.31. The molecule has 3 rings (SSSR count). The SMILES string of the molecule is CC(C)(C)c1cccc(-c2cc3ccccc3[s+]2C(F)(F)F)c1.O=S(=O)([O-])C(F)(F)F. The van der Waals surface area contributed by atoms with Crippen LogP contribution >= 0.6 is 10.5 Å². The van der Waals surface area contributed by atoms with Crippen LogP contribution in [0.5, 0.6) is 0 Å². The molecule has 0 aliphatic rings.